The quantitative estimate of drug-likeness (QED) is 0.658. The highest BCUT2D eigenvalue weighted by Gasteiger charge is 2.11. The Morgan fingerprint density at radius 1 is 1.05 bits per heavy atom. The molecule has 0 saturated heterocycles. The molecule has 2 nitrogen and oxygen atoms in total. The summed E-state index contributed by atoms with van der Waals surface area (Å²) in [6.45, 7) is 0. The van der Waals surface area contributed by atoms with E-state index >= 15 is 0 Å². The number of benzene rings is 2. The number of carbonyl (C=O) groups is 1. The van der Waals surface area contributed by atoms with Crippen LogP contribution in [0.25, 0.3) is 21.2 Å². The van der Waals surface area contributed by atoms with Crippen LogP contribution in [0, 0.1) is 0 Å². The van der Waals surface area contributed by atoms with E-state index in [4.69, 9.17) is 4.74 Å². The molecule has 1 heterocycles. The van der Waals surface area contributed by atoms with Crippen molar-refractivity contribution in [2.75, 3.05) is 7.11 Å². The summed E-state index contributed by atoms with van der Waals surface area (Å²) in [4.78, 5) is 12.1. The van der Waals surface area contributed by atoms with Crippen LogP contribution in [0.5, 0.6) is 5.75 Å². The Labute approximate surface area is 115 Å². The second-order valence-corrected chi connectivity index (χ2v) is 5.10. The maximum Gasteiger partial charge on any atom is 0.151 e. The highest BCUT2D eigenvalue weighted by molar-refractivity contribution is 7.14. The molecule has 0 aliphatic heterocycles. The van der Waals surface area contributed by atoms with Crippen LogP contribution in [0.3, 0.4) is 0 Å². The van der Waals surface area contributed by atoms with Gasteiger partial charge in [0.05, 0.1) is 7.11 Å². The van der Waals surface area contributed by atoms with Crippen LogP contribution in [0.15, 0.2) is 47.8 Å². The van der Waals surface area contributed by atoms with Crippen LogP contribution >= 0.6 is 11.3 Å². The van der Waals surface area contributed by atoms with Gasteiger partial charge in [-0.05, 0) is 29.0 Å². The minimum absolute atomic E-state index is 0.736. The van der Waals surface area contributed by atoms with Crippen LogP contribution in [-0.2, 0) is 0 Å². The molecular weight excluding hydrogens is 256 g/mol. The SMILES string of the molecule is COc1ccc(-c2sccc2C=O)c2ccccc12. The van der Waals surface area contributed by atoms with Gasteiger partial charge in [-0.3, -0.25) is 4.79 Å². The third-order valence-corrected chi connectivity index (χ3v) is 4.13. The highest BCUT2D eigenvalue weighted by atomic mass is 32.1. The molecule has 0 amide bonds. The van der Waals surface area contributed by atoms with Gasteiger partial charge in [0.2, 0.25) is 0 Å². The zero-order chi connectivity index (χ0) is 13.2. The lowest BCUT2D eigenvalue weighted by Gasteiger charge is -2.09. The Kier molecular flexibility index (Phi) is 3.05. The van der Waals surface area contributed by atoms with Gasteiger partial charge < -0.3 is 4.74 Å². The first-order valence-electron chi connectivity index (χ1n) is 5.94. The van der Waals surface area contributed by atoms with E-state index in [1.165, 1.54) is 0 Å². The number of carbonyl (C=O) groups excluding carboxylic acids is 1. The summed E-state index contributed by atoms with van der Waals surface area (Å²) >= 11 is 1.58. The van der Waals surface area contributed by atoms with Gasteiger partial charge >= 0.3 is 0 Å². The summed E-state index contributed by atoms with van der Waals surface area (Å²) in [5.41, 5.74) is 1.81. The van der Waals surface area contributed by atoms with E-state index in [9.17, 15) is 4.79 Å². The zero-order valence-electron chi connectivity index (χ0n) is 10.4. The van der Waals surface area contributed by atoms with Gasteiger partial charge in [-0.15, -0.1) is 11.3 Å². The molecule has 0 bridgehead atoms. The lowest BCUT2D eigenvalue weighted by molar-refractivity contribution is 0.112. The van der Waals surface area contributed by atoms with Crippen molar-refractivity contribution in [3.8, 4) is 16.2 Å². The molecule has 0 radical (unpaired) electrons. The van der Waals surface area contributed by atoms with Crippen molar-refractivity contribution in [3.63, 3.8) is 0 Å². The first-order valence-corrected chi connectivity index (χ1v) is 6.82. The number of hydrogen-bond donors (Lipinski definition) is 0. The fourth-order valence-corrected chi connectivity index (χ4v) is 3.19. The molecule has 1 aromatic heterocycles. The molecule has 0 aliphatic carbocycles. The minimum Gasteiger partial charge on any atom is -0.496 e. The molecule has 3 heteroatoms. The van der Waals surface area contributed by atoms with Crippen molar-refractivity contribution in [2.45, 2.75) is 0 Å². The smallest absolute Gasteiger partial charge is 0.151 e. The van der Waals surface area contributed by atoms with Crippen molar-refractivity contribution in [2.24, 2.45) is 0 Å². The fraction of sp³-hybridized carbons (Fsp3) is 0.0625. The van der Waals surface area contributed by atoms with Crippen LogP contribution in [-0.4, -0.2) is 13.4 Å². The number of hydrogen-bond acceptors (Lipinski definition) is 3. The summed E-state index contributed by atoms with van der Waals surface area (Å²) in [5, 5.41) is 4.11. The third kappa shape index (κ3) is 1.92. The molecule has 3 rings (SSSR count). The fourth-order valence-electron chi connectivity index (χ4n) is 2.28. The summed E-state index contributed by atoms with van der Waals surface area (Å²) in [6, 6.07) is 13.9. The van der Waals surface area contributed by atoms with Gasteiger partial charge in [-0.1, -0.05) is 24.3 Å². The molecule has 0 saturated carbocycles. The van der Waals surface area contributed by atoms with Crippen LogP contribution in [0.1, 0.15) is 10.4 Å². The Hall–Kier alpha value is -2.13. The van der Waals surface area contributed by atoms with Crippen molar-refractivity contribution < 1.29 is 9.53 Å². The van der Waals surface area contributed by atoms with Gasteiger partial charge in [0.1, 0.15) is 5.75 Å². The number of thiophene rings is 1. The molecule has 0 unspecified atom stereocenters. The Balaban J connectivity index is 2.34. The number of methoxy groups -OCH3 is 1. The molecule has 0 aliphatic rings. The molecule has 2 aromatic carbocycles. The topological polar surface area (TPSA) is 26.3 Å². The van der Waals surface area contributed by atoms with Crippen molar-refractivity contribution in [3.05, 3.63) is 53.4 Å². The third-order valence-electron chi connectivity index (χ3n) is 3.17. The van der Waals surface area contributed by atoms with E-state index in [2.05, 4.69) is 6.07 Å². The predicted octanol–water partition coefficient (Wildman–Crippen LogP) is 4.39. The number of fused-ring (bicyclic) bond motifs is 1. The normalized spacial score (nSPS) is 10.6. The molecule has 0 atom stereocenters. The van der Waals surface area contributed by atoms with E-state index in [1.807, 2.05) is 41.8 Å². The maximum absolute atomic E-state index is 11.1. The van der Waals surface area contributed by atoms with Gasteiger partial charge in [0.25, 0.3) is 0 Å². The molecule has 0 fully saturated rings. The average Bonchev–Trinajstić information content (AvgIpc) is 2.94. The van der Waals surface area contributed by atoms with E-state index in [0.717, 1.165) is 38.8 Å². The number of aldehydes is 1. The number of ether oxygens (including phenoxy) is 1. The first kappa shape index (κ1) is 11.9. The van der Waals surface area contributed by atoms with Gasteiger partial charge in [0.15, 0.2) is 6.29 Å². The lowest BCUT2D eigenvalue weighted by Crippen LogP contribution is -1.88. The van der Waals surface area contributed by atoms with E-state index < -0.39 is 0 Å². The second kappa shape index (κ2) is 4.86. The van der Waals surface area contributed by atoms with Gasteiger partial charge in [0, 0.05) is 21.4 Å². The Morgan fingerprint density at radius 3 is 2.58 bits per heavy atom. The second-order valence-electron chi connectivity index (χ2n) is 4.18. The van der Waals surface area contributed by atoms with E-state index in [0.29, 0.717) is 0 Å². The summed E-state index contributed by atoms with van der Waals surface area (Å²) in [5.74, 6) is 0.851. The lowest BCUT2D eigenvalue weighted by atomic mass is 10.0. The standard InChI is InChI=1S/C16H12O2S/c1-18-15-7-6-14(12-4-2-3-5-13(12)15)16-11(10-17)8-9-19-16/h2-10H,1H3. The van der Waals surface area contributed by atoms with Crippen LogP contribution < -0.4 is 4.74 Å². The maximum atomic E-state index is 11.1. The highest BCUT2D eigenvalue weighted by Crippen LogP contribution is 2.37. The average molecular weight is 268 g/mol. The first-order chi connectivity index (χ1) is 9.35. The van der Waals surface area contributed by atoms with Crippen molar-refractivity contribution >= 4 is 28.4 Å². The Bertz CT molecular complexity index is 743. The van der Waals surface area contributed by atoms with Crippen molar-refractivity contribution in [1.29, 1.82) is 0 Å². The van der Waals surface area contributed by atoms with Crippen LogP contribution in [0.2, 0.25) is 0 Å². The van der Waals surface area contributed by atoms with Gasteiger partial charge in [-0.25, -0.2) is 0 Å². The summed E-state index contributed by atoms with van der Waals surface area (Å²) in [7, 11) is 1.67. The summed E-state index contributed by atoms with van der Waals surface area (Å²) < 4.78 is 5.39. The minimum atomic E-state index is 0.736. The van der Waals surface area contributed by atoms with E-state index in [1.54, 1.807) is 18.4 Å². The molecule has 0 spiro atoms. The summed E-state index contributed by atoms with van der Waals surface area (Å²) in [6.07, 6.45) is 0.908. The monoisotopic (exact) mass is 268 g/mol. The van der Waals surface area contributed by atoms with Gasteiger partial charge in [-0.2, -0.15) is 0 Å². The molecular formula is C16H12O2S. The largest absolute Gasteiger partial charge is 0.496 e. The van der Waals surface area contributed by atoms with Crippen LogP contribution in [0.4, 0.5) is 0 Å². The number of rotatable bonds is 3. The van der Waals surface area contributed by atoms with E-state index in [-0.39, 0.29) is 0 Å². The molecule has 3 aromatic rings. The zero-order valence-corrected chi connectivity index (χ0v) is 11.2. The molecule has 19 heavy (non-hydrogen) atoms. The van der Waals surface area contributed by atoms with Crippen molar-refractivity contribution in [1.82, 2.24) is 0 Å². The Morgan fingerprint density at radius 2 is 1.84 bits per heavy atom. The predicted molar refractivity (Wildman–Crippen MR) is 79.2 cm³/mol. The molecule has 94 valence electrons. The molecule has 0 N–H and O–H groups in total.